The van der Waals surface area contributed by atoms with Gasteiger partial charge in [0.25, 0.3) is 0 Å². The number of fused-ring (bicyclic) bond motifs is 4. The van der Waals surface area contributed by atoms with E-state index in [0.29, 0.717) is 0 Å². The smallest absolute Gasteiger partial charge is 0.00263 e. The summed E-state index contributed by atoms with van der Waals surface area (Å²) >= 11 is 0. The van der Waals surface area contributed by atoms with Crippen molar-refractivity contribution < 1.29 is 0 Å². The van der Waals surface area contributed by atoms with Crippen molar-refractivity contribution in [2.45, 2.75) is 6.42 Å². The highest BCUT2D eigenvalue weighted by Crippen LogP contribution is 2.37. The van der Waals surface area contributed by atoms with Crippen molar-refractivity contribution in [3.8, 4) is 0 Å². The van der Waals surface area contributed by atoms with Crippen LogP contribution in [0, 0.1) is 0 Å². The molecule has 21 heavy (non-hydrogen) atoms. The molecule has 0 aromatic heterocycles. The second-order valence-corrected chi connectivity index (χ2v) is 5.80. The number of rotatable bonds is 0. The van der Waals surface area contributed by atoms with Crippen LogP contribution >= 0.6 is 0 Å². The molecular formula is C21H14. The maximum atomic E-state index is 2.34. The van der Waals surface area contributed by atoms with Gasteiger partial charge in [0.05, 0.1) is 0 Å². The van der Waals surface area contributed by atoms with E-state index >= 15 is 0 Å². The third-order valence-electron chi connectivity index (χ3n) is 4.62. The van der Waals surface area contributed by atoms with Crippen molar-refractivity contribution in [1.29, 1.82) is 0 Å². The summed E-state index contributed by atoms with van der Waals surface area (Å²) in [4.78, 5) is 0. The van der Waals surface area contributed by atoms with Gasteiger partial charge in [-0.25, -0.2) is 0 Å². The highest BCUT2D eigenvalue weighted by molar-refractivity contribution is 6.22. The number of hydrogen-bond donors (Lipinski definition) is 0. The van der Waals surface area contributed by atoms with Crippen LogP contribution in [0.3, 0.4) is 0 Å². The first-order valence-corrected chi connectivity index (χ1v) is 7.44. The van der Waals surface area contributed by atoms with E-state index in [1.165, 1.54) is 43.4 Å². The van der Waals surface area contributed by atoms with Crippen LogP contribution in [-0.4, -0.2) is 0 Å². The fraction of sp³-hybridized carbons (Fsp3) is 0.0476. The zero-order valence-corrected chi connectivity index (χ0v) is 11.6. The minimum Gasteiger partial charge on any atom is -0.0795 e. The molecule has 0 radical (unpaired) electrons. The Kier molecular flexibility index (Phi) is 2.09. The van der Waals surface area contributed by atoms with E-state index < -0.39 is 0 Å². The first-order chi connectivity index (χ1) is 10.4. The van der Waals surface area contributed by atoms with Gasteiger partial charge in [0.1, 0.15) is 0 Å². The molecule has 0 spiro atoms. The summed E-state index contributed by atoms with van der Waals surface area (Å²) in [5.41, 5.74) is 2.80. The quantitative estimate of drug-likeness (QED) is 0.357. The zero-order chi connectivity index (χ0) is 13.8. The van der Waals surface area contributed by atoms with Gasteiger partial charge in [-0.3, -0.25) is 0 Å². The molecule has 0 heteroatoms. The van der Waals surface area contributed by atoms with Crippen LogP contribution in [0.2, 0.25) is 0 Å². The summed E-state index contributed by atoms with van der Waals surface area (Å²) in [7, 11) is 0. The molecule has 0 heterocycles. The zero-order valence-electron chi connectivity index (χ0n) is 11.6. The Morgan fingerprint density at radius 2 is 1.52 bits per heavy atom. The lowest BCUT2D eigenvalue weighted by Gasteiger charge is -2.16. The van der Waals surface area contributed by atoms with Crippen LogP contribution in [-0.2, 0) is 6.42 Å². The fourth-order valence-corrected chi connectivity index (χ4v) is 3.71. The number of benzene rings is 4. The van der Waals surface area contributed by atoms with Gasteiger partial charge < -0.3 is 0 Å². The van der Waals surface area contributed by atoms with Crippen molar-refractivity contribution in [2.24, 2.45) is 0 Å². The number of allylic oxidation sites excluding steroid dienone is 1. The molecule has 0 unspecified atom stereocenters. The topological polar surface area (TPSA) is 0 Å². The van der Waals surface area contributed by atoms with E-state index in [-0.39, 0.29) is 0 Å². The molecule has 5 rings (SSSR count). The summed E-state index contributed by atoms with van der Waals surface area (Å²) < 4.78 is 0. The lowest BCUT2D eigenvalue weighted by atomic mass is 9.88. The highest BCUT2D eigenvalue weighted by Gasteiger charge is 2.12. The molecule has 0 saturated carbocycles. The Morgan fingerprint density at radius 1 is 0.667 bits per heavy atom. The molecule has 1 aliphatic rings. The normalized spacial score (nSPS) is 13.3. The summed E-state index contributed by atoms with van der Waals surface area (Å²) in [5.74, 6) is 0. The molecule has 0 bridgehead atoms. The Hall–Kier alpha value is -2.60. The largest absolute Gasteiger partial charge is 0.0795 e. The molecule has 0 atom stereocenters. The average Bonchev–Trinajstić information content (AvgIpc) is 2.55. The van der Waals surface area contributed by atoms with Crippen LogP contribution in [0.4, 0.5) is 0 Å². The first kappa shape index (κ1) is 11.1. The Balaban J connectivity index is 2.14. The van der Waals surface area contributed by atoms with Crippen LogP contribution < -0.4 is 0 Å². The van der Waals surface area contributed by atoms with Crippen LogP contribution in [0.25, 0.3) is 38.4 Å². The third kappa shape index (κ3) is 1.45. The molecule has 4 aromatic carbocycles. The first-order valence-electron chi connectivity index (χ1n) is 7.44. The SMILES string of the molecule is C1=Cc2cc3ccc4ccccc4c3c3cccc(c23)C1. The summed E-state index contributed by atoms with van der Waals surface area (Å²) in [6, 6.07) is 22.2. The van der Waals surface area contributed by atoms with E-state index in [2.05, 4.69) is 72.8 Å². The van der Waals surface area contributed by atoms with Gasteiger partial charge in [-0.05, 0) is 55.9 Å². The minimum atomic E-state index is 1.04. The highest BCUT2D eigenvalue weighted by atomic mass is 14.2. The minimum absolute atomic E-state index is 1.04. The van der Waals surface area contributed by atoms with Gasteiger partial charge in [-0.2, -0.15) is 0 Å². The second-order valence-electron chi connectivity index (χ2n) is 5.80. The van der Waals surface area contributed by atoms with Crippen molar-refractivity contribution >= 4 is 38.4 Å². The molecule has 0 nitrogen and oxygen atoms in total. The summed E-state index contributed by atoms with van der Waals surface area (Å²) in [5, 5.41) is 8.22. The van der Waals surface area contributed by atoms with Crippen molar-refractivity contribution in [3.63, 3.8) is 0 Å². The molecule has 0 aliphatic heterocycles. The van der Waals surface area contributed by atoms with Gasteiger partial charge in [-0.15, -0.1) is 0 Å². The van der Waals surface area contributed by atoms with Gasteiger partial charge in [0.15, 0.2) is 0 Å². The third-order valence-corrected chi connectivity index (χ3v) is 4.62. The lowest BCUT2D eigenvalue weighted by molar-refractivity contribution is 1.30. The van der Waals surface area contributed by atoms with Crippen LogP contribution in [0.15, 0.2) is 66.7 Å². The molecule has 4 aromatic rings. The van der Waals surface area contributed by atoms with E-state index in [1.807, 2.05) is 0 Å². The predicted octanol–water partition coefficient (Wildman–Crippen LogP) is 5.72. The van der Waals surface area contributed by atoms with Crippen LogP contribution in [0.5, 0.6) is 0 Å². The van der Waals surface area contributed by atoms with Gasteiger partial charge in [0.2, 0.25) is 0 Å². The Labute approximate surface area is 123 Å². The predicted molar refractivity (Wildman–Crippen MR) is 91.7 cm³/mol. The van der Waals surface area contributed by atoms with Gasteiger partial charge in [0, 0.05) is 0 Å². The van der Waals surface area contributed by atoms with E-state index in [0.717, 1.165) is 6.42 Å². The molecule has 98 valence electrons. The van der Waals surface area contributed by atoms with Gasteiger partial charge in [-0.1, -0.05) is 66.7 Å². The maximum absolute atomic E-state index is 2.34. The van der Waals surface area contributed by atoms with E-state index in [1.54, 1.807) is 0 Å². The molecule has 0 N–H and O–H groups in total. The monoisotopic (exact) mass is 266 g/mol. The molecule has 0 amide bonds. The van der Waals surface area contributed by atoms with Gasteiger partial charge >= 0.3 is 0 Å². The summed E-state index contributed by atoms with van der Waals surface area (Å²) in [6.45, 7) is 0. The molecule has 0 fully saturated rings. The second kappa shape index (κ2) is 3.95. The number of hydrogen-bond acceptors (Lipinski definition) is 0. The summed E-state index contributed by atoms with van der Waals surface area (Å²) in [6.07, 6.45) is 5.58. The molecule has 1 aliphatic carbocycles. The maximum Gasteiger partial charge on any atom is -0.00263 e. The van der Waals surface area contributed by atoms with Crippen molar-refractivity contribution in [1.82, 2.24) is 0 Å². The van der Waals surface area contributed by atoms with E-state index in [9.17, 15) is 0 Å². The van der Waals surface area contributed by atoms with E-state index in [4.69, 9.17) is 0 Å². The Morgan fingerprint density at radius 3 is 2.52 bits per heavy atom. The molecule has 0 saturated heterocycles. The van der Waals surface area contributed by atoms with Crippen LogP contribution in [0.1, 0.15) is 11.1 Å². The van der Waals surface area contributed by atoms with Crippen molar-refractivity contribution in [2.75, 3.05) is 0 Å². The lowest BCUT2D eigenvalue weighted by Crippen LogP contribution is -1.94. The standard InChI is InChI=1S/C21H14/c1-2-9-18-14(5-1)11-12-17-13-16-8-3-6-15-7-4-10-19(20(15)16)21(17)18/h1-5,7-13H,6H2. The molecular weight excluding hydrogens is 252 g/mol. The average molecular weight is 266 g/mol. The fourth-order valence-electron chi connectivity index (χ4n) is 3.71. The Bertz CT molecular complexity index is 1050. The van der Waals surface area contributed by atoms with Crippen molar-refractivity contribution in [3.05, 3.63) is 77.9 Å².